The fourth-order valence-corrected chi connectivity index (χ4v) is 4.58. The first-order valence-electron chi connectivity index (χ1n) is 13.2. The second kappa shape index (κ2) is 13.4. The largest absolute Gasteiger partial charge is 0.481 e. The zero-order chi connectivity index (χ0) is 27.7. The van der Waals surface area contributed by atoms with E-state index in [2.05, 4.69) is 12.1 Å². The molecule has 4 rings (SSSR count). The van der Waals surface area contributed by atoms with Gasteiger partial charge in [-0.2, -0.15) is 0 Å². The van der Waals surface area contributed by atoms with Gasteiger partial charge in [0.15, 0.2) is 6.54 Å². The first kappa shape index (κ1) is 28.4. The van der Waals surface area contributed by atoms with Crippen LogP contribution in [0.3, 0.4) is 0 Å². The van der Waals surface area contributed by atoms with Crippen LogP contribution in [0, 0.1) is 0 Å². The molecule has 0 amide bonds. The Hall–Kier alpha value is -4.13. The molecule has 7 heteroatoms. The molecule has 7 nitrogen and oxygen atoms in total. The van der Waals surface area contributed by atoms with Crippen LogP contribution in [0.2, 0.25) is 0 Å². The van der Waals surface area contributed by atoms with Crippen LogP contribution in [0.4, 0.5) is 5.69 Å². The molecule has 0 aromatic heterocycles. The Labute approximate surface area is 223 Å². The van der Waals surface area contributed by atoms with Crippen molar-refractivity contribution < 1.29 is 24.2 Å². The number of hydrogen-bond acceptors (Lipinski definition) is 4. The van der Waals surface area contributed by atoms with Crippen molar-refractivity contribution in [2.24, 2.45) is 0 Å². The molecule has 2 N–H and O–H groups in total. The highest BCUT2D eigenvalue weighted by atomic mass is 16.4. The molecule has 0 spiro atoms. The summed E-state index contributed by atoms with van der Waals surface area (Å²) in [5, 5.41) is 20.1. The number of anilines is 1. The van der Waals surface area contributed by atoms with Crippen molar-refractivity contribution in [2.75, 3.05) is 31.1 Å². The third-order valence-electron chi connectivity index (χ3n) is 6.44. The molecular formula is C31H37N2O5+. The molecule has 0 fully saturated rings. The molecule has 200 valence electrons. The maximum Gasteiger partial charge on any atom is 0.309 e. The topological polar surface area (TPSA) is 94.0 Å². The van der Waals surface area contributed by atoms with Gasteiger partial charge in [-0.1, -0.05) is 44.2 Å². The van der Waals surface area contributed by atoms with Crippen molar-refractivity contribution in [2.45, 2.75) is 40.5 Å². The monoisotopic (exact) mass is 517 g/mol. The lowest BCUT2D eigenvalue weighted by Gasteiger charge is -2.23. The number of nitrogens with zero attached hydrogens (tertiary/aromatic N) is 2. The molecule has 0 bridgehead atoms. The Balaban J connectivity index is 0.00000195. The third-order valence-corrected chi connectivity index (χ3v) is 6.44. The summed E-state index contributed by atoms with van der Waals surface area (Å²) in [5.41, 5.74) is 4.71. The van der Waals surface area contributed by atoms with E-state index >= 15 is 0 Å². The molecule has 0 radical (unpaired) electrons. The van der Waals surface area contributed by atoms with Crippen molar-refractivity contribution >= 4 is 28.6 Å². The fourth-order valence-electron chi connectivity index (χ4n) is 4.58. The smallest absolute Gasteiger partial charge is 0.309 e. The van der Waals surface area contributed by atoms with E-state index in [-0.39, 0.29) is 12.8 Å². The van der Waals surface area contributed by atoms with Gasteiger partial charge in [-0.15, -0.1) is 0 Å². The van der Waals surface area contributed by atoms with Crippen molar-refractivity contribution in [1.82, 2.24) is 4.58 Å². The van der Waals surface area contributed by atoms with Crippen molar-refractivity contribution in [3.8, 4) is 22.5 Å². The predicted molar refractivity (Wildman–Crippen MR) is 153 cm³/mol. The summed E-state index contributed by atoms with van der Waals surface area (Å²) in [6.45, 7) is 10.2. The summed E-state index contributed by atoms with van der Waals surface area (Å²) >= 11 is 0. The van der Waals surface area contributed by atoms with Crippen molar-refractivity contribution in [3.63, 3.8) is 0 Å². The fraction of sp³-hybridized carbons (Fsp3) is 0.323. The van der Waals surface area contributed by atoms with Gasteiger partial charge in [0, 0.05) is 47.4 Å². The van der Waals surface area contributed by atoms with Gasteiger partial charge in [0.25, 0.3) is 0 Å². The molecule has 1 aliphatic heterocycles. The number of carbonyl (C=O) groups is 2. The summed E-state index contributed by atoms with van der Waals surface area (Å²) in [6, 6.07) is 22.2. The van der Waals surface area contributed by atoms with Crippen LogP contribution in [0.5, 0.6) is 0 Å². The number of carboxylic acid groups (broad SMARTS) is 2. The SMILES string of the molecule is CC.CCN(CCC(=O)O)c1ccc2c(-c3ccccc3)c3ccc(=[N+](CC)CCC(=O)O)cc-3oc2c1. The molecule has 1 heterocycles. The summed E-state index contributed by atoms with van der Waals surface area (Å²) < 4.78 is 8.47. The molecule has 38 heavy (non-hydrogen) atoms. The molecule has 2 aliphatic rings. The van der Waals surface area contributed by atoms with E-state index in [0.717, 1.165) is 33.1 Å². The zero-order valence-corrected chi connectivity index (χ0v) is 22.6. The minimum Gasteiger partial charge on any atom is -0.481 e. The Morgan fingerprint density at radius 3 is 2.24 bits per heavy atom. The lowest BCUT2D eigenvalue weighted by molar-refractivity contribution is -0.137. The average Bonchev–Trinajstić information content (AvgIpc) is 2.93. The summed E-state index contributed by atoms with van der Waals surface area (Å²) in [5.74, 6) is -0.947. The van der Waals surface area contributed by atoms with Crippen LogP contribution in [0.15, 0.2) is 71.1 Å². The molecular weight excluding hydrogens is 480 g/mol. The number of aliphatic carboxylic acids is 2. The Kier molecular flexibility index (Phi) is 10.0. The normalized spacial score (nSPS) is 11.6. The zero-order valence-electron chi connectivity index (χ0n) is 22.6. The molecule has 0 atom stereocenters. The molecule has 0 unspecified atom stereocenters. The van der Waals surface area contributed by atoms with E-state index in [4.69, 9.17) is 14.6 Å². The maximum atomic E-state index is 11.1. The lowest BCUT2D eigenvalue weighted by atomic mass is 9.93. The van der Waals surface area contributed by atoms with Crippen LogP contribution < -0.4 is 14.8 Å². The summed E-state index contributed by atoms with van der Waals surface area (Å²) in [6.07, 6.45) is 0.116. The van der Waals surface area contributed by atoms with Gasteiger partial charge in [0.05, 0.1) is 12.5 Å². The number of carboxylic acids is 2. The van der Waals surface area contributed by atoms with E-state index in [1.807, 2.05) is 91.8 Å². The molecule has 1 aliphatic carbocycles. The first-order chi connectivity index (χ1) is 18.4. The Morgan fingerprint density at radius 2 is 1.61 bits per heavy atom. The van der Waals surface area contributed by atoms with Crippen LogP contribution >= 0.6 is 0 Å². The standard InChI is InChI=1S/C29H30N2O5.C2H6/c1-3-30(16-14-27(32)33)21-10-12-23-25(18-21)36-26-19-22(31(4-2)17-15-28(34)35)11-13-24(26)29(23)20-8-6-5-7-9-20;1-2/h5-13,18-19H,3-4,14-17H2,1-2H3,(H-,32,33,34,35);1-2H3/p+1. The van der Waals surface area contributed by atoms with Gasteiger partial charge >= 0.3 is 11.9 Å². The van der Waals surface area contributed by atoms with Gasteiger partial charge in [0.2, 0.25) is 5.36 Å². The van der Waals surface area contributed by atoms with E-state index in [1.54, 1.807) is 0 Å². The highest BCUT2D eigenvalue weighted by molar-refractivity contribution is 6.02. The quantitative estimate of drug-likeness (QED) is 0.204. The maximum absolute atomic E-state index is 11.1. The third kappa shape index (κ3) is 6.59. The number of fused-ring (bicyclic) bond motifs is 2. The molecule has 0 saturated heterocycles. The number of hydrogen-bond donors (Lipinski definition) is 2. The molecule has 2 aromatic rings. The van der Waals surface area contributed by atoms with Gasteiger partial charge in [-0.25, -0.2) is 4.58 Å². The first-order valence-corrected chi connectivity index (χ1v) is 13.2. The Morgan fingerprint density at radius 1 is 0.895 bits per heavy atom. The van der Waals surface area contributed by atoms with Crippen molar-refractivity contribution in [3.05, 3.63) is 72.1 Å². The second-order valence-electron chi connectivity index (χ2n) is 8.65. The van der Waals surface area contributed by atoms with Gasteiger partial charge in [-0.05, 0) is 37.6 Å². The second-order valence-corrected chi connectivity index (χ2v) is 8.65. The van der Waals surface area contributed by atoms with Crippen LogP contribution in [0.1, 0.15) is 40.5 Å². The Bertz CT molecular complexity index is 1430. The van der Waals surface area contributed by atoms with Crippen LogP contribution in [0.25, 0.3) is 33.4 Å². The van der Waals surface area contributed by atoms with Crippen molar-refractivity contribution in [1.29, 1.82) is 0 Å². The van der Waals surface area contributed by atoms with E-state index < -0.39 is 11.9 Å². The summed E-state index contributed by atoms with van der Waals surface area (Å²) in [7, 11) is 0. The lowest BCUT2D eigenvalue weighted by Crippen LogP contribution is -2.31. The van der Waals surface area contributed by atoms with Gasteiger partial charge in [-0.3, -0.25) is 9.59 Å². The predicted octanol–water partition coefficient (Wildman–Crippen LogP) is 5.80. The number of rotatable bonds is 10. The molecule has 2 aromatic carbocycles. The van der Waals surface area contributed by atoms with Gasteiger partial charge < -0.3 is 19.5 Å². The van der Waals surface area contributed by atoms with E-state index in [1.165, 1.54) is 0 Å². The highest BCUT2D eigenvalue weighted by Gasteiger charge is 2.20. The van der Waals surface area contributed by atoms with E-state index in [0.29, 0.717) is 37.5 Å². The minimum absolute atomic E-state index is 0.0581. The van der Waals surface area contributed by atoms with E-state index in [9.17, 15) is 9.59 Å². The van der Waals surface area contributed by atoms with Gasteiger partial charge in [0.1, 0.15) is 24.3 Å². The van der Waals surface area contributed by atoms with Crippen LogP contribution in [-0.2, 0) is 9.59 Å². The number of benzene rings is 3. The highest BCUT2D eigenvalue weighted by Crippen LogP contribution is 2.40. The average molecular weight is 518 g/mol. The molecule has 0 saturated carbocycles. The minimum atomic E-state index is -0.827. The van der Waals surface area contributed by atoms with Crippen LogP contribution in [-0.4, -0.2) is 48.3 Å². The summed E-state index contributed by atoms with van der Waals surface area (Å²) in [4.78, 5) is 24.3.